The van der Waals surface area contributed by atoms with E-state index in [9.17, 15) is 4.79 Å². The first kappa shape index (κ1) is 15.4. The van der Waals surface area contributed by atoms with Gasteiger partial charge in [0, 0.05) is 13.2 Å². The summed E-state index contributed by atoms with van der Waals surface area (Å²) in [5.41, 5.74) is 0. The van der Waals surface area contributed by atoms with Crippen molar-refractivity contribution in [2.45, 2.75) is 46.2 Å². The van der Waals surface area contributed by atoms with Crippen molar-refractivity contribution in [3.05, 3.63) is 0 Å². The minimum atomic E-state index is 0.0380. The van der Waals surface area contributed by atoms with Crippen LogP contribution < -0.4 is 10.6 Å². The van der Waals surface area contributed by atoms with Crippen LogP contribution in [0.5, 0.6) is 0 Å². The molecule has 0 radical (unpaired) electrons. The number of ether oxygens (including phenoxy) is 1. The molecule has 0 heterocycles. The SMILES string of the molecule is CCC(C)NCC(=O)NC(COC)C(C)C. The smallest absolute Gasteiger partial charge is 0.234 e. The first-order valence-corrected chi connectivity index (χ1v) is 6.02. The average Bonchev–Trinajstić information content (AvgIpc) is 2.25. The zero-order chi connectivity index (χ0) is 12.6. The van der Waals surface area contributed by atoms with Gasteiger partial charge in [0.25, 0.3) is 0 Å². The normalized spacial score (nSPS) is 14.9. The number of nitrogens with one attached hydrogen (secondary N) is 2. The predicted octanol–water partition coefficient (Wildman–Crippen LogP) is 1.16. The molecule has 4 nitrogen and oxygen atoms in total. The van der Waals surface area contributed by atoms with Gasteiger partial charge in [-0.25, -0.2) is 0 Å². The third-order valence-corrected chi connectivity index (χ3v) is 2.72. The van der Waals surface area contributed by atoms with Gasteiger partial charge in [0.15, 0.2) is 0 Å². The van der Waals surface area contributed by atoms with Crippen LogP contribution in [0, 0.1) is 5.92 Å². The fourth-order valence-electron chi connectivity index (χ4n) is 1.25. The largest absolute Gasteiger partial charge is 0.383 e. The molecular formula is C12H26N2O2. The van der Waals surface area contributed by atoms with Crippen LogP contribution in [0.4, 0.5) is 0 Å². The minimum Gasteiger partial charge on any atom is -0.383 e. The zero-order valence-corrected chi connectivity index (χ0v) is 11.2. The lowest BCUT2D eigenvalue weighted by Crippen LogP contribution is -2.46. The highest BCUT2D eigenvalue weighted by Gasteiger charge is 2.15. The van der Waals surface area contributed by atoms with Crippen LogP contribution in [0.3, 0.4) is 0 Å². The van der Waals surface area contributed by atoms with E-state index in [0.717, 1.165) is 6.42 Å². The molecule has 2 unspecified atom stereocenters. The number of methoxy groups -OCH3 is 1. The highest BCUT2D eigenvalue weighted by atomic mass is 16.5. The third-order valence-electron chi connectivity index (χ3n) is 2.72. The molecule has 0 saturated heterocycles. The maximum absolute atomic E-state index is 11.6. The van der Waals surface area contributed by atoms with Crippen molar-refractivity contribution < 1.29 is 9.53 Å². The van der Waals surface area contributed by atoms with Gasteiger partial charge in [-0.1, -0.05) is 20.8 Å². The van der Waals surface area contributed by atoms with E-state index in [4.69, 9.17) is 4.74 Å². The summed E-state index contributed by atoms with van der Waals surface area (Å²) < 4.78 is 5.08. The lowest BCUT2D eigenvalue weighted by atomic mass is 10.1. The van der Waals surface area contributed by atoms with Crippen molar-refractivity contribution in [3.8, 4) is 0 Å². The fourth-order valence-corrected chi connectivity index (χ4v) is 1.25. The summed E-state index contributed by atoms with van der Waals surface area (Å²) in [5, 5.41) is 6.14. The van der Waals surface area contributed by atoms with E-state index in [1.165, 1.54) is 0 Å². The van der Waals surface area contributed by atoms with Gasteiger partial charge in [-0.05, 0) is 19.3 Å². The van der Waals surface area contributed by atoms with Crippen molar-refractivity contribution in [2.24, 2.45) is 5.92 Å². The van der Waals surface area contributed by atoms with Crippen LogP contribution in [0.25, 0.3) is 0 Å². The molecule has 16 heavy (non-hydrogen) atoms. The van der Waals surface area contributed by atoms with E-state index in [-0.39, 0.29) is 11.9 Å². The summed E-state index contributed by atoms with van der Waals surface area (Å²) in [7, 11) is 1.65. The van der Waals surface area contributed by atoms with Gasteiger partial charge >= 0.3 is 0 Å². The molecule has 2 N–H and O–H groups in total. The predicted molar refractivity (Wildman–Crippen MR) is 66.4 cm³/mol. The van der Waals surface area contributed by atoms with Crippen molar-refractivity contribution in [2.75, 3.05) is 20.3 Å². The molecule has 0 rings (SSSR count). The van der Waals surface area contributed by atoms with Gasteiger partial charge in [-0.3, -0.25) is 4.79 Å². The molecule has 0 fully saturated rings. The number of carbonyl (C=O) groups is 1. The number of hydrogen-bond donors (Lipinski definition) is 2. The lowest BCUT2D eigenvalue weighted by Gasteiger charge is -2.22. The molecular weight excluding hydrogens is 204 g/mol. The molecule has 0 aromatic rings. The Morgan fingerprint density at radius 2 is 1.94 bits per heavy atom. The first-order valence-electron chi connectivity index (χ1n) is 6.02. The topological polar surface area (TPSA) is 50.4 Å². The molecule has 4 heteroatoms. The lowest BCUT2D eigenvalue weighted by molar-refractivity contribution is -0.121. The molecule has 1 amide bonds. The molecule has 0 aliphatic rings. The number of amides is 1. The summed E-state index contributed by atoms with van der Waals surface area (Å²) in [6.45, 7) is 9.26. The monoisotopic (exact) mass is 230 g/mol. The Morgan fingerprint density at radius 1 is 1.31 bits per heavy atom. The Morgan fingerprint density at radius 3 is 2.38 bits per heavy atom. The second kappa shape index (κ2) is 8.53. The van der Waals surface area contributed by atoms with Crippen molar-refractivity contribution in [1.29, 1.82) is 0 Å². The van der Waals surface area contributed by atoms with Crippen LogP contribution in [0.2, 0.25) is 0 Å². The van der Waals surface area contributed by atoms with E-state index < -0.39 is 0 Å². The highest BCUT2D eigenvalue weighted by molar-refractivity contribution is 5.78. The summed E-state index contributed by atoms with van der Waals surface area (Å²) >= 11 is 0. The molecule has 96 valence electrons. The van der Waals surface area contributed by atoms with Crippen LogP contribution in [0.1, 0.15) is 34.1 Å². The average molecular weight is 230 g/mol. The highest BCUT2D eigenvalue weighted by Crippen LogP contribution is 2.01. The molecule has 0 bridgehead atoms. The standard InChI is InChI=1S/C12H26N2O2/c1-6-10(4)13-7-12(15)14-11(8-16-5)9(2)3/h9-11,13H,6-8H2,1-5H3,(H,14,15). The molecule has 0 spiro atoms. The van der Waals surface area contributed by atoms with Gasteiger partial charge < -0.3 is 15.4 Å². The van der Waals surface area contributed by atoms with E-state index in [0.29, 0.717) is 25.1 Å². The Labute approximate surface area is 99.1 Å². The Kier molecular flexibility index (Phi) is 8.21. The van der Waals surface area contributed by atoms with Gasteiger partial charge in [0.2, 0.25) is 5.91 Å². The van der Waals surface area contributed by atoms with Crippen LogP contribution in [-0.2, 0) is 9.53 Å². The van der Waals surface area contributed by atoms with Crippen LogP contribution in [0.15, 0.2) is 0 Å². The second-order valence-corrected chi connectivity index (χ2v) is 4.56. The first-order chi connectivity index (χ1) is 7.51. The third kappa shape index (κ3) is 6.80. The quantitative estimate of drug-likeness (QED) is 0.658. The van der Waals surface area contributed by atoms with Gasteiger partial charge in [0.1, 0.15) is 0 Å². The van der Waals surface area contributed by atoms with Gasteiger partial charge in [0.05, 0.1) is 19.2 Å². The molecule has 0 saturated carbocycles. The zero-order valence-electron chi connectivity index (χ0n) is 11.2. The number of hydrogen-bond acceptors (Lipinski definition) is 3. The summed E-state index contributed by atoms with van der Waals surface area (Å²) in [6.07, 6.45) is 1.03. The van der Waals surface area contributed by atoms with Crippen molar-refractivity contribution >= 4 is 5.91 Å². The van der Waals surface area contributed by atoms with E-state index in [2.05, 4.69) is 38.3 Å². The minimum absolute atomic E-state index is 0.0380. The van der Waals surface area contributed by atoms with E-state index in [1.807, 2.05) is 0 Å². The molecule has 2 atom stereocenters. The van der Waals surface area contributed by atoms with Crippen LogP contribution in [-0.4, -0.2) is 38.3 Å². The van der Waals surface area contributed by atoms with Gasteiger partial charge in [-0.2, -0.15) is 0 Å². The maximum Gasteiger partial charge on any atom is 0.234 e. The fraction of sp³-hybridized carbons (Fsp3) is 0.917. The Bertz CT molecular complexity index is 195. The van der Waals surface area contributed by atoms with Crippen molar-refractivity contribution in [3.63, 3.8) is 0 Å². The number of carbonyl (C=O) groups excluding carboxylic acids is 1. The molecule has 0 aliphatic carbocycles. The Balaban J connectivity index is 3.90. The van der Waals surface area contributed by atoms with Crippen molar-refractivity contribution in [1.82, 2.24) is 10.6 Å². The van der Waals surface area contributed by atoms with Crippen LogP contribution >= 0.6 is 0 Å². The maximum atomic E-state index is 11.6. The summed E-state index contributed by atoms with van der Waals surface area (Å²) in [5.74, 6) is 0.420. The summed E-state index contributed by atoms with van der Waals surface area (Å²) in [4.78, 5) is 11.6. The molecule has 0 aliphatic heterocycles. The van der Waals surface area contributed by atoms with E-state index >= 15 is 0 Å². The molecule has 0 aromatic heterocycles. The number of rotatable bonds is 8. The molecule has 0 aromatic carbocycles. The second-order valence-electron chi connectivity index (χ2n) is 4.56. The van der Waals surface area contributed by atoms with E-state index in [1.54, 1.807) is 7.11 Å². The summed E-state index contributed by atoms with van der Waals surface area (Å²) in [6, 6.07) is 0.474. The Hall–Kier alpha value is -0.610. The van der Waals surface area contributed by atoms with Gasteiger partial charge in [-0.15, -0.1) is 0 Å².